The number of nitrogens with one attached hydrogen (secondary N) is 3. The van der Waals surface area contributed by atoms with Crippen molar-refractivity contribution in [2.45, 2.75) is 38.1 Å². The number of para-hydroxylation sites is 2. The molecule has 8 heteroatoms. The number of carbonyl (C=O) groups excluding carboxylic acids is 2. The summed E-state index contributed by atoms with van der Waals surface area (Å²) in [6, 6.07) is 23.7. The van der Waals surface area contributed by atoms with Crippen molar-refractivity contribution in [2.24, 2.45) is 0 Å². The van der Waals surface area contributed by atoms with E-state index < -0.39 is 0 Å². The molecule has 0 spiro atoms. The van der Waals surface area contributed by atoms with Gasteiger partial charge in [0.1, 0.15) is 24.7 Å². The number of carbonyl (C=O) groups is 2. The summed E-state index contributed by atoms with van der Waals surface area (Å²) in [5, 5.41) is 8.93. The van der Waals surface area contributed by atoms with Gasteiger partial charge in [0.05, 0.1) is 5.56 Å². The zero-order chi connectivity index (χ0) is 25.9. The molecular formula is C29H31N3O4S. The third-order valence-electron chi connectivity index (χ3n) is 6.06. The van der Waals surface area contributed by atoms with E-state index in [0.29, 0.717) is 29.2 Å². The van der Waals surface area contributed by atoms with Gasteiger partial charge in [0, 0.05) is 17.3 Å². The van der Waals surface area contributed by atoms with E-state index in [9.17, 15) is 9.59 Å². The lowest BCUT2D eigenvalue weighted by atomic mass is 9.95. The number of anilines is 1. The van der Waals surface area contributed by atoms with E-state index >= 15 is 0 Å². The molecule has 0 heterocycles. The molecule has 0 saturated heterocycles. The Bertz CT molecular complexity index is 1200. The maximum absolute atomic E-state index is 12.9. The van der Waals surface area contributed by atoms with Gasteiger partial charge in [0.25, 0.3) is 11.8 Å². The molecule has 0 aliphatic heterocycles. The summed E-state index contributed by atoms with van der Waals surface area (Å²) in [5.41, 5.74) is 1.62. The molecule has 0 bridgehead atoms. The second-order valence-electron chi connectivity index (χ2n) is 8.80. The van der Waals surface area contributed by atoms with Gasteiger partial charge in [0.15, 0.2) is 5.11 Å². The molecular weight excluding hydrogens is 486 g/mol. The van der Waals surface area contributed by atoms with Crippen LogP contribution in [0.3, 0.4) is 0 Å². The zero-order valence-corrected chi connectivity index (χ0v) is 21.4. The van der Waals surface area contributed by atoms with Crippen LogP contribution in [0.5, 0.6) is 11.5 Å². The Morgan fingerprint density at radius 3 is 2.22 bits per heavy atom. The van der Waals surface area contributed by atoms with Crippen LogP contribution in [0.15, 0.2) is 78.9 Å². The van der Waals surface area contributed by atoms with Gasteiger partial charge in [-0.1, -0.05) is 49.6 Å². The average Bonchev–Trinajstić information content (AvgIpc) is 2.93. The molecule has 0 radical (unpaired) electrons. The van der Waals surface area contributed by atoms with E-state index in [2.05, 4.69) is 16.0 Å². The molecule has 1 saturated carbocycles. The summed E-state index contributed by atoms with van der Waals surface area (Å²) in [7, 11) is 0. The van der Waals surface area contributed by atoms with Crippen LogP contribution < -0.4 is 25.4 Å². The lowest BCUT2D eigenvalue weighted by Gasteiger charge is -2.22. The van der Waals surface area contributed by atoms with Crippen molar-refractivity contribution in [3.05, 3.63) is 90.0 Å². The number of benzene rings is 3. The van der Waals surface area contributed by atoms with Gasteiger partial charge in [-0.15, -0.1) is 0 Å². The molecule has 4 rings (SSSR count). The van der Waals surface area contributed by atoms with Crippen LogP contribution in [-0.4, -0.2) is 36.2 Å². The Hall–Kier alpha value is -3.91. The predicted molar refractivity (Wildman–Crippen MR) is 148 cm³/mol. The van der Waals surface area contributed by atoms with Crippen molar-refractivity contribution in [3.8, 4) is 11.5 Å². The van der Waals surface area contributed by atoms with E-state index in [0.717, 1.165) is 31.4 Å². The van der Waals surface area contributed by atoms with E-state index in [4.69, 9.17) is 21.7 Å². The van der Waals surface area contributed by atoms with E-state index in [1.165, 1.54) is 6.42 Å². The smallest absolute Gasteiger partial charge is 0.261 e. The molecule has 1 fully saturated rings. The molecule has 0 aromatic heterocycles. The Labute approximate surface area is 222 Å². The topological polar surface area (TPSA) is 88.7 Å². The molecule has 192 valence electrons. The van der Waals surface area contributed by atoms with E-state index in [-0.39, 0.29) is 29.6 Å². The number of rotatable bonds is 9. The Morgan fingerprint density at radius 1 is 0.784 bits per heavy atom. The quantitative estimate of drug-likeness (QED) is 0.263. The maximum Gasteiger partial charge on any atom is 0.261 e. The first kappa shape index (κ1) is 26.2. The van der Waals surface area contributed by atoms with Crippen LogP contribution in [0.1, 0.15) is 52.8 Å². The minimum atomic E-state index is -0.388. The highest BCUT2D eigenvalue weighted by atomic mass is 32.1. The van der Waals surface area contributed by atoms with Crippen molar-refractivity contribution in [3.63, 3.8) is 0 Å². The molecule has 1 aliphatic rings. The summed E-state index contributed by atoms with van der Waals surface area (Å²) < 4.78 is 11.4. The van der Waals surface area contributed by atoms with Crippen LogP contribution in [0.4, 0.5) is 5.69 Å². The standard InChI is InChI=1S/C29H31N3O4S/c33-27(30-22-9-3-1-4-10-22)21-15-17-23(18-16-21)31-29(37)32-28(34)25-13-7-8-14-26(25)36-20-19-35-24-11-5-2-6-12-24/h2,5-8,11-18,22H,1,3-4,9-10,19-20H2,(H,30,33)(H2,31,32,34,37). The Kier molecular flexibility index (Phi) is 9.48. The van der Waals surface area contributed by atoms with Crippen LogP contribution in [0.2, 0.25) is 0 Å². The number of amides is 2. The second kappa shape index (κ2) is 13.4. The fourth-order valence-corrected chi connectivity index (χ4v) is 4.37. The summed E-state index contributed by atoms with van der Waals surface area (Å²) in [6.07, 6.45) is 5.64. The van der Waals surface area contributed by atoms with Gasteiger partial charge < -0.3 is 20.1 Å². The molecule has 0 atom stereocenters. The number of thiocarbonyl (C=S) groups is 1. The lowest BCUT2D eigenvalue weighted by Crippen LogP contribution is -2.36. The number of hydrogen-bond donors (Lipinski definition) is 3. The van der Waals surface area contributed by atoms with Crippen LogP contribution >= 0.6 is 12.2 Å². The highest BCUT2D eigenvalue weighted by molar-refractivity contribution is 7.80. The van der Waals surface area contributed by atoms with E-state index in [1.807, 2.05) is 30.3 Å². The molecule has 2 amide bonds. The minimum absolute atomic E-state index is 0.0693. The minimum Gasteiger partial charge on any atom is -0.490 e. The van der Waals surface area contributed by atoms with Crippen molar-refractivity contribution in [2.75, 3.05) is 18.5 Å². The first-order valence-corrected chi connectivity index (χ1v) is 12.9. The maximum atomic E-state index is 12.9. The molecule has 0 unspecified atom stereocenters. The molecule has 1 aliphatic carbocycles. The predicted octanol–water partition coefficient (Wildman–Crippen LogP) is 5.33. The van der Waals surface area contributed by atoms with Crippen molar-refractivity contribution in [1.29, 1.82) is 0 Å². The highest BCUT2D eigenvalue weighted by Crippen LogP contribution is 2.19. The first-order valence-electron chi connectivity index (χ1n) is 12.5. The largest absolute Gasteiger partial charge is 0.490 e. The summed E-state index contributed by atoms with van der Waals surface area (Å²) >= 11 is 5.33. The molecule has 7 nitrogen and oxygen atoms in total. The van der Waals surface area contributed by atoms with Crippen LogP contribution in [-0.2, 0) is 0 Å². The van der Waals surface area contributed by atoms with Gasteiger partial charge >= 0.3 is 0 Å². The Balaban J connectivity index is 1.25. The van der Waals surface area contributed by atoms with Crippen LogP contribution in [0, 0.1) is 0 Å². The molecule has 3 aromatic carbocycles. The first-order chi connectivity index (χ1) is 18.1. The molecule has 3 N–H and O–H groups in total. The highest BCUT2D eigenvalue weighted by Gasteiger charge is 2.17. The fourth-order valence-electron chi connectivity index (χ4n) is 4.16. The van der Waals surface area contributed by atoms with E-state index in [1.54, 1.807) is 48.5 Å². The second-order valence-corrected chi connectivity index (χ2v) is 9.21. The fraction of sp³-hybridized carbons (Fsp3) is 0.276. The summed E-state index contributed by atoms with van der Waals surface area (Å²) in [5.74, 6) is 0.736. The van der Waals surface area contributed by atoms with Crippen molar-refractivity contribution >= 4 is 34.8 Å². The number of hydrogen-bond acceptors (Lipinski definition) is 5. The van der Waals surface area contributed by atoms with Gasteiger partial charge in [-0.05, 0) is 73.6 Å². The van der Waals surface area contributed by atoms with Gasteiger partial charge in [-0.3, -0.25) is 14.9 Å². The SMILES string of the molecule is O=C(NC1CCCCC1)c1ccc(NC(=S)NC(=O)c2ccccc2OCCOc2ccccc2)cc1. The number of ether oxygens (including phenoxy) is 2. The normalized spacial score (nSPS) is 13.3. The monoisotopic (exact) mass is 517 g/mol. The average molecular weight is 518 g/mol. The molecule has 37 heavy (non-hydrogen) atoms. The van der Waals surface area contributed by atoms with Gasteiger partial charge in [0.2, 0.25) is 0 Å². The third kappa shape index (κ3) is 8.05. The van der Waals surface area contributed by atoms with Crippen LogP contribution in [0.25, 0.3) is 0 Å². The van der Waals surface area contributed by atoms with Gasteiger partial charge in [-0.25, -0.2) is 0 Å². The Morgan fingerprint density at radius 2 is 1.46 bits per heavy atom. The third-order valence-corrected chi connectivity index (χ3v) is 6.26. The summed E-state index contributed by atoms with van der Waals surface area (Å²) in [4.78, 5) is 25.4. The zero-order valence-electron chi connectivity index (χ0n) is 20.6. The molecule has 3 aromatic rings. The van der Waals surface area contributed by atoms with Crippen molar-refractivity contribution in [1.82, 2.24) is 10.6 Å². The summed E-state index contributed by atoms with van der Waals surface area (Å²) in [6.45, 7) is 0.622. The lowest BCUT2D eigenvalue weighted by molar-refractivity contribution is 0.0926. The van der Waals surface area contributed by atoms with Gasteiger partial charge in [-0.2, -0.15) is 0 Å². The van der Waals surface area contributed by atoms with Crippen molar-refractivity contribution < 1.29 is 19.1 Å².